The molecule has 0 saturated carbocycles. The number of aryl methyl sites for hydroxylation is 2. The van der Waals surface area contributed by atoms with Crippen molar-refractivity contribution in [2.75, 3.05) is 39.5 Å². The maximum Gasteiger partial charge on any atom is 0.122 e. The van der Waals surface area contributed by atoms with Crippen LogP contribution in [0.15, 0.2) is 18.2 Å². The first kappa shape index (κ1) is 16.3. The van der Waals surface area contributed by atoms with E-state index in [-0.39, 0.29) is 0 Å². The van der Waals surface area contributed by atoms with Gasteiger partial charge in [-0.25, -0.2) is 0 Å². The van der Waals surface area contributed by atoms with Gasteiger partial charge in [0.1, 0.15) is 12.4 Å². The second kappa shape index (κ2) is 8.40. The van der Waals surface area contributed by atoms with Crippen LogP contribution in [0.25, 0.3) is 0 Å². The molecular formula is C18H29NO2. The van der Waals surface area contributed by atoms with Crippen molar-refractivity contribution >= 4 is 0 Å². The Morgan fingerprint density at radius 1 is 1.10 bits per heavy atom. The molecule has 0 N–H and O–H groups in total. The van der Waals surface area contributed by atoms with Gasteiger partial charge in [-0.15, -0.1) is 0 Å². The summed E-state index contributed by atoms with van der Waals surface area (Å²) in [6, 6.07) is 6.27. The van der Waals surface area contributed by atoms with E-state index in [1.54, 1.807) is 0 Å². The third-order valence-corrected chi connectivity index (χ3v) is 4.24. The molecule has 1 fully saturated rings. The molecule has 1 saturated heterocycles. The van der Waals surface area contributed by atoms with Crippen molar-refractivity contribution < 1.29 is 9.47 Å². The van der Waals surface area contributed by atoms with Crippen molar-refractivity contribution in [2.45, 2.75) is 33.6 Å². The van der Waals surface area contributed by atoms with E-state index in [0.29, 0.717) is 13.2 Å². The molecule has 0 bridgehead atoms. The van der Waals surface area contributed by atoms with E-state index in [2.05, 4.69) is 37.8 Å². The summed E-state index contributed by atoms with van der Waals surface area (Å²) in [4.78, 5) is 2.50. The maximum absolute atomic E-state index is 5.76. The Morgan fingerprint density at radius 2 is 1.86 bits per heavy atom. The van der Waals surface area contributed by atoms with Crippen LogP contribution in [0.3, 0.4) is 0 Å². The summed E-state index contributed by atoms with van der Waals surface area (Å²) in [5.74, 6) is 1.86. The molecule has 0 aromatic heterocycles. The van der Waals surface area contributed by atoms with Gasteiger partial charge in [0.15, 0.2) is 0 Å². The molecular weight excluding hydrogens is 262 g/mol. The number of ether oxygens (including phenoxy) is 2. The zero-order chi connectivity index (χ0) is 15.1. The molecule has 3 heteroatoms. The molecule has 1 aromatic carbocycles. The van der Waals surface area contributed by atoms with Gasteiger partial charge in [0, 0.05) is 6.54 Å². The predicted molar refractivity (Wildman–Crippen MR) is 87.1 cm³/mol. The summed E-state index contributed by atoms with van der Waals surface area (Å²) in [5, 5.41) is 0. The Kier molecular flexibility index (Phi) is 6.52. The van der Waals surface area contributed by atoms with Crippen molar-refractivity contribution in [3.05, 3.63) is 29.3 Å². The lowest BCUT2D eigenvalue weighted by molar-refractivity contribution is 0.0707. The molecule has 3 nitrogen and oxygen atoms in total. The van der Waals surface area contributed by atoms with Crippen LogP contribution in [-0.4, -0.2) is 44.4 Å². The van der Waals surface area contributed by atoms with E-state index in [1.165, 1.54) is 37.1 Å². The Balaban J connectivity index is 1.54. The SMILES string of the molecule is Cc1ccc(OCCOCCN2CCC(C)CC2)c(C)c1. The fourth-order valence-corrected chi connectivity index (χ4v) is 2.75. The van der Waals surface area contributed by atoms with E-state index in [0.717, 1.165) is 24.8 Å². The number of benzene rings is 1. The van der Waals surface area contributed by atoms with Crippen molar-refractivity contribution in [2.24, 2.45) is 5.92 Å². The first-order valence-electron chi connectivity index (χ1n) is 8.15. The molecule has 0 unspecified atom stereocenters. The van der Waals surface area contributed by atoms with Gasteiger partial charge in [-0.3, -0.25) is 0 Å². The van der Waals surface area contributed by atoms with Gasteiger partial charge >= 0.3 is 0 Å². The molecule has 1 aliphatic heterocycles. The normalized spacial score (nSPS) is 17.1. The predicted octanol–water partition coefficient (Wildman–Crippen LogP) is 3.43. The van der Waals surface area contributed by atoms with Crippen LogP contribution in [-0.2, 0) is 4.74 Å². The third-order valence-electron chi connectivity index (χ3n) is 4.24. The number of likely N-dealkylation sites (tertiary alicyclic amines) is 1. The summed E-state index contributed by atoms with van der Waals surface area (Å²) in [6.45, 7) is 12.1. The Hall–Kier alpha value is -1.06. The number of piperidine rings is 1. The highest BCUT2D eigenvalue weighted by Gasteiger charge is 2.14. The number of rotatable bonds is 7. The first-order valence-corrected chi connectivity index (χ1v) is 8.15. The van der Waals surface area contributed by atoms with Crippen LogP contribution < -0.4 is 4.74 Å². The van der Waals surface area contributed by atoms with Gasteiger partial charge in [-0.1, -0.05) is 24.6 Å². The average molecular weight is 291 g/mol. The molecule has 118 valence electrons. The van der Waals surface area contributed by atoms with Gasteiger partial charge in [0.25, 0.3) is 0 Å². The minimum Gasteiger partial charge on any atom is -0.491 e. The Morgan fingerprint density at radius 3 is 2.57 bits per heavy atom. The van der Waals surface area contributed by atoms with Gasteiger partial charge in [0.05, 0.1) is 13.2 Å². The highest BCUT2D eigenvalue weighted by molar-refractivity contribution is 5.35. The monoisotopic (exact) mass is 291 g/mol. The highest BCUT2D eigenvalue weighted by atomic mass is 16.5. The summed E-state index contributed by atoms with van der Waals surface area (Å²) in [6.07, 6.45) is 2.66. The van der Waals surface area contributed by atoms with E-state index < -0.39 is 0 Å². The van der Waals surface area contributed by atoms with Gasteiger partial charge in [-0.2, -0.15) is 0 Å². The van der Waals surface area contributed by atoms with Crippen LogP contribution in [0.5, 0.6) is 5.75 Å². The second-order valence-corrected chi connectivity index (χ2v) is 6.25. The van der Waals surface area contributed by atoms with E-state index >= 15 is 0 Å². The van der Waals surface area contributed by atoms with Crippen molar-refractivity contribution in [3.63, 3.8) is 0 Å². The number of hydrogen-bond acceptors (Lipinski definition) is 3. The van der Waals surface area contributed by atoms with Gasteiger partial charge in [0.2, 0.25) is 0 Å². The van der Waals surface area contributed by atoms with Crippen LogP contribution in [0.4, 0.5) is 0 Å². The fourth-order valence-electron chi connectivity index (χ4n) is 2.75. The average Bonchev–Trinajstić information content (AvgIpc) is 2.46. The summed E-state index contributed by atoms with van der Waals surface area (Å²) < 4.78 is 11.4. The lowest BCUT2D eigenvalue weighted by Crippen LogP contribution is -2.35. The number of hydrogen-bond donors (Lipinski definition) is 0. The molecule has 0 spiro atoms. The molecule has 0 aliphatic carbocycles. The van der Waals surface area contributed by atoms with Gasteiger partial charge in [-0.05, 0) is 57.3 Å². The zero-order valence-corrected chi connectivity index (χ0v) is 13.7. The van der Waals surface area contributed by atoms with Crippen LogP contribution in [0.2, 0.25) is 0 Å². The van der Waals surface area contributed by atoms with Crippen LogP contribution in [0, 0.1) is 19.8 Å². The molecule has 1 aliphatic rings. The largest absolute Gasteiger partial charge is 0.491 e. The van der Waals surface area contributed by atoms with E-state index in [9.17, 15) is 0 Å². The smallest absolute Gasteiger partial charge is 0.122 e. The summed E-state index contributed by atoms with van der Waals surface area (Å²) in [7, 11) is 0. The minimum absolute atomic E-state index is 0.626. The summed E-state index contributed by atoms with van der Waals surface area (Å²) in [5.41, 5.74) is 2.46. The third kappa shape index (κ3) is 5.68. The van der Waals surface area contributed by atoms with Crippen molar-refractivity contribution in [3.8, 4) is 5.75 Å². The second-order valence-electron chi connectivity index (χ2n) is 6.25. The molecule has 21 heavy (non-hydrogen) atoms. The van der Waals surface area contributed by atoms with Gasteiger partial charge < -0.3 is 14.4 Å². The Labute approximate surface area is 129 Å². The van der Waals surface area contributed by atoms with Crippen LogP contribution >= 0.6 is 0 Å². The quantitative estimate of drug-likeness (QED) is 0.718. The minimum atomic E-state index is 0.626. The van der Waals surface area contributed by atoms with Crippen molar-refractivity contribution in [1.82, 2.24) is 4.90 Å². The maximum atomic E-state index is 5.76. The lowest BCUT2D eigenvalue weighted by Gasteiger charge is -2.29. The molecule has 1 heterocycles. The fraction of sp³-hybridized carbons (Fsp3) is 0.667. The number of nitrogens with zero attached hydrogens (tertiary/aromatic N) is 1. The standard InChI is InChI=1S/C18H29NO2/c1-15-6-8-19(9-7-15)10-11-20-12-13-21-18-5-4-16(2)14-17(18)3/h4-5,14-15H,6-13H2,1-3H3. The van der Waals surface area contributed by atoms with Crippen LogP contribution in [0.1, 0.15) is 30.9 Å². The molecule has 0 atom stereocenters. The molecule has 0 amide bonds. The topological polar surface area (TPSA) is 21.7 Å². The molecule has 0 radical (unpaired) electrons. The first-order chi connectivity index (χ1) is 10.1. The molecule has 2 rings (SSSR count). The van der Waals surface area contributed by atoms with Crippen molar-refractivity contribution in [1.29, 1.82) is 0 Å². The van der Waals surface area contributed by atoms with E-state index in [4.69, 9.17) is 9.47 Å². The summed E-state index contributed by atoms with van der Waals surface area (Å²) >= 11 is 0. The molecule has 1 aromatic rings. The highest BCUT2D eigenvalue weighted by Crippen LogP contribution is 2.18. The Bertz CT molecular complexity index is 425. The lowest BCUT2D eigenvalue weighted by atomic mass is 9.99. The van der Waals surface area contributed by atoms with E-state index in [1.807, 2.05) is 6.07 Å². The zero-order valence-electron chi connectivity index (χ0n) is 13.7.